The van der Waals surface area contributed by atoms with Crippen LogP contribution in [-0.2, 0) is 7.05 Å². The van der Waals surface area contributed by atoms with Crippen molar-refractivity contribution in [1.29, 1.82) is 0 Å². The molecular formula is C21H21N5O. The van der Waals surface area contributed by atoms with Crippen LogP contribution in [0.3, 0.4) is 0 Å². The first kappa shape index (κ1) is 16.9. The van der Waals surface area contributed by atoms with Crippen LogP contribution in [0.1, 0.15) is 11.1 Å². The third-order valence-electron chi connectivity index (χ3n) is 4.69. The Morgan fingerprint density at radius 3 is 2.67 bits per heavy atom. The number of benzene rings is 2. The van der Waals surface area contributed by atoms with Crippen molar-refractivity contribution >= 4 is 28.5 Å². The number of hydrogen-bond acceptors (Lipinski definition) is 5. The zero-order chi connectivity index (χ0) is 19.0. The van der Waals surface area contributed by atoms with Crippen LogP contribution >= 0.6 is 0 Å². The van der Waals surface area contributed by atoms with Gasteiger partial charge in [-0.25, -0.2) is 9.97 Å². The van der Waals surface area contributed by atoms with E-state index in [-0.39, 0.29) is 0 Å². The third kappa shape index (κ3) is 3.29. The van der Waals surface area contributed by atoms with Gasteiger partial charge in [0.15, 0.2) is 0 Å². The van der Waals surface area contributed by atoms with E-state index in [4.69, 9.17) is 15.5 Å². The number of imidazole rings is 1. The van der Waals surface area contributed by atoms with Crippen LogP contribution in [0.4, 0.5) is 17.5 Å². The van der Waals surface area contributed by atoms with E-state index >= 15 is 0 Å². The van der Waals surface area contributed by atoms with E-state index in [0.29, 0.717) is 17.3 Å². The Morgan fingerprint density at radius 1 is 1.04 bits per heavy atom. The Kier molecular flexibility index (Phi) is 4.16. The Hall–Kier alpha value is -3.54. The summed E-state index contributed by atoms with van der Waals surface area (Å²) in [5.74, 6) is 2.55. The highest BCUT2D eigenvalue weighted by Gasteiger charge is 2.11. The van der Waals surface area contributed by atoms with Gasteiger partial charge in [0, 0.05) is 31.1 Å². The molecule has 0 aliphatic heterocycles. The van der Waals surface area contributed by atoms with Crippen molar-refractivity contribution in [2.45, 2.75) is 13.8 Å². The number of nitrogens with two attached hydrogens (primary N) is 1. The molecule has 0 radical (unpaired) electrons. The summed E-state index contributed by atoms with van der Waals surface area (Å²) in [6, 6.07) is 15.5. The summed E-state index contributed by atoms with van der Waals surface area (Å²) in [5, 5.41) is 3.43. The predicted molar refractivity (Wildman–Crippen MR) is 109 cm³/mol. The number of ether oxygens (including phenoxy) is 1. The van der Waals surface area contributed by atoms with Gasteiger partial charge in [-0.2, -0.15) is 0 Å². The molecule has 0 fully saturated rings. The van der Waals surface area contributed by atoms with Crippen molar-refractivity contribution in [2.24, 2.45) is 7.05 Å². The monoisotopic (exact) mass is 359 g/mol. The van der Waals surface area contributed by atoms with E-state index < -0.39 is 0 Å². The lowest BCUT2D eigenvalue weighted by atomic mass is 10.1. The van der Waals surface area contributed by atoms with Gasteiger partial charge in [-0.05, 0) is 49.2 Å². The molecule has 0 amide bonds. The van der Waals surface area contributed by atoms with Gasteiger partial charge in [-0.3, -0.25) is 0 Å². The van der Waals surface area contributed by atoms with Crippen molar-refractivity contribution in [2.75, 3.05) is 11.1 Å². The van der Waals surface area contributed by atoms with E-state index in [9.17, 15) is 0 Å². The molecule has 0 spiro atoms. The molecule has 0 aliphatic rings. The van der Waals surface area contributed by atoms with E-state index in [1.807, 2.05) is 35.9 Å². The summed E-state index contributed by atoms with van der Waals surface area (Å²) >= 11 is 0. The second kappa shape index (κ2) is 6.64. The first-order chi connectivity index (χ1) is 13.0. The average molecular weight is 359 g/mol. The standard InChI is InChI=1S/C21H21N5O/c1-13-5-4-6-17(14(13)2)24-21-25-18-11-15(7-8-19(18)26(21)3)27-16-9-10-23-20(22)12-16/h4-12H,1-3H3,(H2,22,23)(H,24,25). The molecule has 0 unspecified atom stereocenters. The molecule has 2 aromatic carbocycles. The minimum Gasteiger partial charge on any atom is -0.457 e. The highest BCUT2D eigenvalue weighted by Crippen LogP contribution is 2.29. The minimum absolute atomic E-state index is 0.423. The van der Waals surface area contributed by atoms with Crippen LogP contribution in [0.2, 0.25) is 0 Å². The second-order valence-corrected chi connectivity index (χ2v) is 6.54. The summed E-state index contributed by atoms with van der Waals surface area (Å²) in [6.07, 6.45) is 1.62. The van der Waals surface area contributed by atoms with E-state index in [1.54, 1.807) is 18.3 Å². The van der Waals surface area contributed by atoms with Crippen LogP contribution in [0.5, 0.6) is 11.5 Å². The molecule has 0 saturated carbocycles. The largest absolute Gasteiger partial charge is 0.457 e. The molecule has 6 heteroatoms. The first-order valence-corrected chi connectivity index (χ1v) is 8.70. The summed E-state index contributed by atoms with van der Waals surface area (Å²) in [5.41, 5.74) is 11.1. The van der Waals surface area contributed by atoms with Crippen LogP contribution < -0.4 is 15.8 Å². The fourth-order valence-corrected chi connectivity index (χ4v) is 2.99. The molecule has 0 atom stereocenters. The Morgan fingerprint density at radius 2 is 1.85 bits per heavy atom. The molecule has 3 N–H and O–H groups in total. The van der Waals surface area contributed by atoms with E-state index in [2.05, 4.69) is 36.3 Å². The van der Waals surface area contributed by atoms with Crippen molar-refractivity contribution in [3.8, 4) is 11.5 Å². The Labute approximate surface area is 157 Å². The van der Waals surface area contributed by atoms with Gasteiger partial charge in [-0.15, -0.1) is 0 Å². The molecule has 27 heavy (non-hydrogen) atoms. The summed E-state index contributed by atoms with van der Waals surface area (Å²) in [4.78, 5) is 8.71. The number of fused-ring (bicyclic) bond motifs is 1. The van der Waals surface area contributed by atoms with Crippen molar-refractivity contribution < 1.29 is 4.74 Å². The van der Waals surface area contributed by atoms with E-state index in [1.165, 1.54) is 11.1 Å². The fourth-order valence-electron chi connectivity index (χ4n) is 2.99. The normalized spacial score (nSPS) is 10.9. The van der Waals surface area contributed by atoms with Gasteiger partial charge in [0.05, 0.1) is 11.0 Å². The smallest absolute Gasteiger partial charge is 0.208 e. The van der Waals surface area contributed by atoms with Crippen LogP contribution in [-0.4, -0.2) is 14.5 Å². The van der Waals surface area contributed by atoms with Gasteiger partial charge >= 0.3 is 0 Å². The van der Waals surface area contributed by atoms with Gasteiger partial charge in [0.1, 0.15) is 17.3 Å². The quantitative estimate of drug-likeness (QED) is 0.552. The molecule has 6 nitrogen and oxygen atoms in total. The number of aromatic nitrogens is 3. The molecule has 136 valence electrons. The molecule has 4 rings (SSSR count). The van der Waals surface area contributed by atoms with Crippen LogP contribution in [0.25, 0.3) is 11.0 Å². The van der Waals surface area contributed by atoms with E-state index in [0.717, 1.165) is 22.7 Å². The Balaban J connectivity index is 1.66. The number of hydrogen-bond donors (Lipinski definition) is 2. The van der Waals surface area contributed by atoms with Crippen molar-refractivity contribution in [3.63, 3.8) is 0 Å². The van der Waals surface area contributed by atoms with Gasteiger partial charge in [-0.1, -0.05) is 12.1 Å². The molecule has 0 bridgehead atoms. The lowest BCUT2D eigenvalue weighted by Gasteiger charge is -2.11. The molecule has 2 heterocycles. The zero-order valence-corrected chi connectivity index (χ0v) is 15.5. The van der Waals surface area contributed by atoms with Crippen LogP contribution in [0, 0.1) is 13.8 Å². The maximum atomic E-state index is 5.88. The number of nitrogen functional groups attached to an aromatic ring is 1. The maximum Gasteiger partial charge on any atom is 0.208 e. The molecule has 0 saturated heterocycles. The fraction of sp³-hybridized carbons (Fsp3) is 0.143. The number of nitrogens with one attached hydrogen (secondary N) is 1. The first-order valence-electron chi connectivity index (χ1n) is 8.70. The number of aryl methyl sites for hydroxylation is 2. The lowest BCUT2D eigenvalue weighted by molar-refractivity contribution is 0.483. The topological polar surface area (TPSA) is 78.0 Å². The Bertz CT molecular complexity index is 1130. The molecular weight excluding hydrogens is 338 g/mol. The maximum absolute atomic E-state index is 5.88. The third-order valence-corrected chi connectivity index (χ3v) is 4.69. The molecule has 0 aliphatic carbocycles. The van der Waals surface area contributed by atoms with Gasteiger partial charge < -0.3 is 20.4 Å². The number of pyridine rings is 1. The molecule has 2 aromatic heterocycles. The van der Waals surface area contributed by atoms with Gasteiger partial charge in [0.2, 0.25) is 5.95 Å². The lowest BCUT2D eigenvalue weighted by Crippen LogP contribution is -2.01. The highest BCUT2D eigenvalue weighted by atomic mass is 16.5. The number of rotatable bonds is 4. The van der Waals surface area contributed by atoms with Crippen molar-refractivity contribution in [3.05, 3.63) is 65.9 Å². The summed E-state index contributed by atoms with van der Waals surface area (Å²) < 4.78 is 7.91. The SMILES string of the molecule is Cc1cccc(Nc2nc3cc(Oc4ccnc(N)c4)ccc3n2C)c1C. The number of anilines is 3. The molecule has 4 aromatic rings. The highest BCUT2D eigenvalue weighted by molar-refractivity contribution is 5.81. The zero-order valence-electron chi connectivity index (χ0n) is 15.5. The summed E-state index contributed by atoms with van der Waals surface area (Å²) in [6.45, 7) is 4.21. The van der Waals surface area contributed by atoms with Crippen LogP contribution in [0.15, 0.2) is 54.7 Å². The number of nitrogens with zero attached hydrogens (tertiary/aromatic N) is 3. The van der Waals surface area contributed by atoms with Gasteiger partial charge in [0.25, 0.3) is 0 Å². The summed E-state index contributed by atoms with van der Waals surface area (Å²) in [7, 11) is 1.99. The second-order valence-electron chi connectivity index (χ2n) is 6.54. The average Bonchev–Trinajstić information content (AvgIpc) is 2.94. The van der Waals surface area contributed by atoms with Crippen molar-refractivity contribution in [1.82, 2.24) is 14.5 Å². The minimum atomic E-state index is 0.423. The predicted octanol–water partition coefficient (Wildman–Crippen LogP) is 4.70.